The van der Waals surface area contributed by atoms with E-state index in [0.29, 0.717) is 0 Å². The second kappa shape index (κ2) is 6.06. The first kappa shape index (κ1) is 13.3. The van der Waals surface area contributed by atoms with Crippen LogP contribution in [0, 0.1) is 6.92 Å². The van der Waals surface area contributed by atoms with E-state index in [2.05, 4.69) is 23.4 Å². The van der Waals surface area contributed by atoms with Crippen LogP contribution in [0.2, 0.25) is 5.02 Å². The van der Waals surface area contributed by atoms with Crippen molar-refractivity contribution in [3.05, 3.63) is 28.1 Å². The predicted molar refractivity (Wildman–Crippen MR) is 69.0 cm³/mol. The highest BCUT2D eigenvalue weighted by atomic mass is 35.5. The van der Waals surface area contributed by atoms with Gasteiger partial charge in [0.05, 0.1) is 16.4 Å². The molecule has 0 saturated heterocycles. The van der Waals surface area contributed by atoms with Crippen molar-refractivity contribution >= 4 is 11.6 Å². The Morgan fingerprint density at radius 3 is 2.75 bits per heavy atom. The maximum atomic E-state index is 6.20. The number of aromatic nitrogens is 2. The van der Waals surface area contributed by atoms with Gasteiger partial charge in [0.25, 0.3) is 0 Å². The Balaban J connectivity index is 2.69. The topological polar surface area (TPSA) is 29.9 Å². The summed E-state index contributed by atoms with van der Waals surface area (Å²) in [5, 5.41) is 8.23. The molecule has 16 heavy (non-hydrogen) atoms. The van der Waals surface area contributed by atoms with Gasteiger partial charge in [-0.2, -0.15) is 5.10 Å². The van der Waals surface area contributed by atoms with E-state index in [1.54, 1.807) is 0 Å². The fraction of sp³-hybridized carbons (Fsp3) is 0.583. The van der Waals surface area contributed by atoms with E-state index in [0.717, 1.165) is 35.8 Å². The third-order valence-electron chi connectivity index (χ3n) is 2.60. The highest BCUT2D eigenvalue weighted by Crippen LogP contribution is 2.21. The number of nitrogens with zero attached hydrogens (tertiary/aromatic N) is 2. The van der Waals surface area contributed by atoms with Crippen LogP contribution in [-0.4, -0.2) is 23.4 Å². The highest BCUT2D eigenvalue weighted by molar-refractivity contribution is 6.31. The van der Waals surface area contributed by atoms with Gasteiger partial charge in [-0.25, -0.2) is 0 Å². The first-order valence-corrected chi connectivity index (χ1v) is 5.92. The van der Waals surface area contributed by atoms with Gasteiger partial charge in [0.1, 0.15) is 0 Å². The van der Waals surface area contributed by atoms with Crippen molar-refractivity contribution in [3.63, 3.8) is 0 Å². The van der Waals surface area contributed by atoms with Crippen LogP contribution in [0.25, 0.3) is 0 Å². The number of halogens is 1. The van der Waals surface area contributed by atoms with Crippen LogP contribution in [0.1, 0.15) is 24.7 Å². The zero-order valence-electron chi connectivity index (χ0n) is 10.5. The van der Waals surface area contributed by atoms with Gasteiger partial charge >= 0.3 is 0 Å². The Morgan fingerprint density at radius 1 is 1.56 bits per heavy atom. The zero-order valence-corrected chi connectivity index (χ0v) is 11.2. The van der Waals surface area contributed by atoms with Crippen LogP contribution >= 0.6 is 11.6 Å². The molecule has 1 aromatic heterocycles. The van der Waals surface area contributed by atoms with Crippen molar-refractivity contribution < 1.29 is 0 Å². The normalized spacial score (nSPS) is 12.2. The molecular weight excluding hydrogens is 222 g/mol. The minimum atomic E-state index is 0.795. The van der Waals surface area contributed by atoms with E-state index in [1.807, 2.05) is 25.7 Å². The van der Waals surface area contributed by atoms with Crippen LogP contribution in [0.3, 0.4) is 0 Å². The molecule has 0 aromatic carbocycles. The molecule has 90 valence electrons. The number of hydrogen-bond donors (Lipinski definition) is 1. The van der Waals surface area contributed by atoms with E-state index in [4.69, 9.17) is 11.6 Å². The molecule has 0 radical (unpaired) electrons. The molecule has 0 saturated carbocycles. The highest BCUT2D eigenvalue weighted by Gasteiger charge is 2.10. The lowest BCUT2D eigenvalue weighted by atomic mass is 10.1. The van der Waals surface area contributed by atoms with Crippen molar-refractivity contribution in [2.75, 3.05) is 13.6 Å². The summed E-state index contributed by atoms with van der Waals surface area (Å²) in [5.41, 5.74) is 3.33. The summed E-state index contributed by atoms with van der Waals surface area (Å²) < 4.78 is 1.87. The molecule has 4 heteroatoms. The molecule has 0 aliphatic heterocycles. The molecule has 0 atom stereocenters. The minimum Gasteiger partial charge on any atom is -0.319 e. The number of aryl methyl sites for hydroxylation is 2. The largest absolute Gasteiger partial charge is 0.319 e. The van der Waals surface area contributed by atoms with Crippen molar-refractivity contribution in [1.29, 1.82) is 0 Å². The van der Waals surface area contributed by atoms with E-state index < -0.39 is 0 Å². The van der Waals surface area contributed by atoms with Gasteiger partial charge in [-0.1, -0.05) is 23.3 Å². The van der Waals surface area contributed by atoms with E-state index in [9.17, 15) is 0 Å². The Kier molecular flexibility index (Phi) is 5.03. The summed E-state index contributed by atoms with van der Waals surface area (Å²) in [6, 6.07) is 0. The number of rotatable bonds is 5. The van der Waals surface area contributed by atoms with Gasteiger partial charge in [-0.05, 0) is 33.9 Å². The molecule has 0 fully saturated rings. The Labute approximate surface area is 102 Å². The standard InChI is InChI=1S/C12H20ClN3/c1-9(6-5-7-14-3)8-11-12(13)10(2)15-16(11)4/h6,14H,5,7-8H2,1-4H3. The molecule has 0 amide bonds. The molecule has 0 aliphatic rings. The minimum absolute atomic E-state index is 0.795. The summed E-state index contributed by atoms with van der Waals surface area (Å²) in [6.07, 6.45) is 4.17. The van der Waals surface area contributed by atoms with Crippen molar-refractivity contribution in [3.8, 4) is 0 Å². The average Bonchev–Trinajstić information content (AvgIpc) is 2.46. The Bertz CT molecular complexity index is 380. The fourth-order valence-corrected chi connectivity index (χ4v) is 1.90. The quantitative estimate of drug-likeness (QED) is 0.634. The molecule has 3 nitrogen and oxygen atoms in total. The van der Waals surface area contributed by atoms with Gasteiger partial charge in [0.2, 0.25) is 0 Å². The van der Waals surface area contributed by atoms with E-state index in [1.165, 1.54) is 5.57 Å². The fourth-order valence-electron chi connectivity index (χ4n) is 1.67. The molecule has 1 rings (SSSR count). The molecule has 1 N–H and O–H groups in total. The van der Waals surface area contributed by atoms with Crippen molar-refractivity contribution in [2.24, 2.45) is 7.05 Å². The number of nitrogens with one attached hydrogen (secondary N) is 1. The SMILES string of the molecule is CNCCC=C(C)Cc1c(Cl)c(C)nn1C. The van der Waals surface area contributed by atoms with Gasteiger partial charge in [-0.3, -0.25) is 4.68 Å². The lowest BCUT2D eigenvalue weighted by Gasteiger charge is -2.03. The van der Waals surface area contributed by atoms with E-state index in [-0.39, 0.29) is 0 Å². The molecule has 0 unspecified atom stereocenters. The summed E-state index contributed by atoms with van der Waals surface area (Å²) in [5.74, 6) is 0. The first-order chi connectivity index (χ1) is 7.56. The summed E-state index contributed by atoms with van der Waals surface area (Å²) >= 11 is 6.20. The monoisotopic (exact) mass is 241 g/mol. The maximum Gasteiger partial charge on any atom is 0.0850 e. The number of allylic oxidation sites excluding steroid dienone is 1. The van der Waals surface area contributed by atoms with Crippen LogP contribution in [0.4, 0.5) is 0 Å². The lowest BCUT2D eigenvalue weighted by Crippen LogP contribution is -2.06. The zero-order chi connectivity index (χ0) is 12.1. The van der Waals surface area contributed by atoms with Gasteiger partial charge in [0, 0.05) is 13.5 Å². The third-order valence-corrected chi connectivity index (χ3v) is 3.09. The molecule has 0 bridgehead atoms. The first-order valence-electron chi connectivity index (χ1n) is 5.54. The smallest absolute Gasteiger partial charge is 0.0850 e. The predicted octanol–water partition coefficient (Wildman–Crippen LogP) is 2.48. The Morgan fingerprint density at radius 2 is 2.25 bits per heavy atom. The van der Waals surface area contributed by atoms with E-state index >= 15 is 0 Å². The van der Waals surface area contributed by atoms with Crippen LogP contribution in [0.15, 0.2) is 11.6 Å². The van der Waals surface area contributed by atoms with Gasteiger partial charge < -0.3 is 5.32 Å². The Hall–Kier alpha value is -0.800. The second-order valence-electron chi connectivity index (χ2n) is 4.09. The second-order valence-corrected chi connectivity index (χ2v) is 4.47. The summed E-state index contributed by atoms with van der Waals surface area (Å²) in [7, 11) is 3.90. The van der Waals surface area contributed by atoms with Crippen LogP contribution in [0.5, 0.6) is 0 Å². The summed E-state index contributed by atoms with van der Waals surface area (Å²) in [4.78, 5) is 0. The lowest BCUT2D eigenvalue weighted by molar-refractivity contribution is 0.713. The summed E-state index contributed by atoms with van der Waals surface area (Å²) in [6.45, 7) is 5.08. The molecule has 0 spiro atoms. The molecule has 0 aliphatic carbocycles. The third kappa shape index (κ3) is 3.35. The van der Waals surface area contributed by atoms with Crippen molar-refractivity contribution in [1.82, 2.24) is 15.1 Å². The molecule has 1 aromatic rings. The van der Waals surface area contributed by atoms with Crippen molar-refractivity contribution in [2.45, 2.75) is 26.7 Å². The van der Waals surface area contributed by atoms with Crippen LogP contribution in [-0.2, 0) is 13.5 Å². The maximum absolute atomic E-state index is 6.20. The van der Waals surface area contributed by atoms with Crippen LogP contribution < -0.4 is 5.32 Å². The number of hydrogen-bond acceptors (Lipinski definition) is 2. The van der Waals surface area contributed by atoms with Gasteiger partial charge in [-0.15, -0.1) is 0 Å². The average molecular weight is 242 g/mol. The van der Waals surface area contributed by atoms with Gasteiger partial charge in [0.15, 0.2) is 0 Å². The molecular formula is C12H20ClN3. The molecule has 1 heterocycles.